The Labute approximate surface area is 314 Å². The van der Waals surface area contributed by atoms with Gasteiger partial charge in [-0.1, -0.05) is 147 Å². The Hall–Kier alpha value is -6.85. The van der Waals surface area contributed by atoms with Crippen molar-refractivity contribution in [1.29, 1.82) is 0 Å². The molecule has 0 radical (unpaired) electrons. The van der Waals surface area contributed by atoms with E-state index in [1.54, 1.807) is 0 Å². The van der Waals surface area contributed by atoms with Gasteiger partial charge in [0.2, 0.25) is 0 Å². The lowest BCUT2D eigenvalue weighted by Crippen LogP contribution is -2.15. The first-order chi connectivity index (χ1) is 26.4. The van der Waals surface area contributed by atoms with Crippen molar-refractivity contribution in [1.82, 2.24) is 15.0 Å². The van der Waals surface area contributed by atoms with Gasteiger partial charge < -0.3 is 9.47 Å². The summed E-state index contributed by atoms with van der Waals surface area (Å²) in [5, 5.41) is 0. The van der Waals surface area contributed by atoms with Gasteiger partial charge in [-0.25, -0.2) is 15.0 Å². The molecule has 258 valence electrons. The van der Waals surface area contributed by atoms with Gasteiger partial charge in [-0.3, -0.25) is 0 Å². The minimum atomic E-state index is -0.144. The van der Waals surface area contributed by atoms with Crippen molar-refractivity contribution in [3.05, 3.63) is 174 Å². The van der Waals surface area contributed by atoms with Crippen LogP contribution in [0.15, 0.2) is 158 Å². The molecule has 0 saturated carbocycles. The summed E-state index contributed by atoms with van der Waals surface area (Å²) in [5.74, 6) is 4.60. The number of aryl methyl sites for hydroxylation is 1. The van der Waals surface area contributed by atoms with Crippen molar-refractivity contribution in [3.63, 3.8) is 0 Å². The summed E-state index contributed by atoms with van der Waals surface area (Å²) >= 11 is 0. The lowest BCUT2D eigenvalue weighted by molar-refractivity contribution is 0.359. The van der Waals surface area contributed by atoms with E-state index in [1.165, 1.54) is 27.8 Å². The zero-order chi connectivity index (χ0) is 36.4. The van der Waals surface area contributed by atoms with E-state index in [9.17, 15) is 0 Å². The summed E-state index contributed by atoms with van der Waals surface area (Å²) in [4.78, 5) is 15.2. The fourth-order valence-corrected chi connectivity index (χ4v) is 7.88. The molecule has 0 atom stereocenters. The first-order valence-corrected chi connectivity index (χ1v) is 18.3. The van der Waals surface area contributed by atoms with Crippen LogP contribution in [0.1, 0.15) is 30.5 Å². The average Bonchev–Trinajstić information content (AvgIpc) is 3.44. The number of hydrogen-bond acceptors (Lipinski definition) is 5. The van der Waals surface area contributed by atoms with Crippen molar-refractivity contribution in [3.8, 4) is 90.5 Å². The van der Waals surface area contributed by atoms with Crippen LogP contribution in [0.5, 0.6) is 23.0 Å². The van der Waals surface area contributed by atoms with Crippen molar-refractivity contribution in [2.75, 3.05) is 0 Å². The van der Waals surface area contributed by atoms with Gasteiger partial charge >= 0.3 is 0 Å². The minimum Gasteiger partial charge on any atom is -0.449 e. The maximum absolute atomic E-state index is 6.65. The van der Waals surface area contributed by atoms with Crippen LogP contribution in [-0.4, -0.2) is 15.0 Å². The molecule has 10 rings (SSSR count). The van der Waals surface area contributed by atoms with E-state index < -0.39 is 0 Å². The maximum atomic E-state index is 6.65. The standard InChI is InChI=1S/C49H35N3O2/c1-30-13-11-16-32(25-30)33-17-12-18-35(26-33)47-50-46(31-14-5-4-6-15-31)51-48(52-47)38-21-8-7-19-36(38)34-23-24-42-43(27-34)54-45-29-41-39(28-44(45)53-42)37-20-9-10-22-40(37)49(41,2)3/h4-29H,1-3H3. The topological polar surface area (TPSA) is 57.1 Å². The molecule has 0 unspecified atom stereocenters. The molecular weight excluding hydrogens is 663 g/mol. The first kappa shape index (κ1) is 31.9. The highest BCUT2D eigenvalue weighted by molar-refractivity contribution is 5.85. The summed E-state index contributed by atoms with van der Waals surface area (Å²) < 4.78 is 13.2. The Bertz CT molecular complexity index is 2770. The highest BCUT2D eigenvalue weighted by Gasteiger charge is 2.37. The molecule has 1 aromatic heterocycles. The van der Waals surface area contributed by atoms with Gasteiger partial charge in [0.05, 0.1) is 0 Å². The van der Waals surface area contributed by atoms with Crippen LogP contribution in [0.25, 0.3) is 67.5 Å². The van der Waals surface area contributed by atoms with E-state index in [-0.39, 0.29) is 5.41 Å². The van der Waals surface area contributed by atoms with Crippen LogP contribution >= 0.6 is 0 Å². The Morgan fingerprint density at radius 2 is 0.963 bits per heavy atom. The molecule has 0 fully saturated rings. The third-order valence-corrected chi connectivity index (χ3v) is 10.6. The molecule has 2 heterocycles. The van der Waals surface area contributed by atoms with Crippen molar-refractivity contribution < 1.29 is 9.47 Å². The quantitative estimate of drug-likeness (QED) is 0.179. The molecule has 0 saturated heterocycles. The molecule has 5 heteroatoms. The minimum absolute atomic E-state index is 0.144. The van der Waals surface area contributed by atoms with Crippen molar-refractivity contribution in [2.45, 2.75) is 26.2 Å². The number of benzene rings is 7. The summed E-state index contributed by atoms with van der Waals surface area (Å²) in [6.07, 6.45) is 0. The van der Waals surface area contributed by atoms with Crippen LogP contribution in [0.4, 0.5) is 0 Å². The molecule has 5 nitrogen and oxygen atoms in total. The first-order valence-electron chi connectivity index (χ1n) is 18.3. The molecule has 7 aromatic carbocycles. The van der Waals surface area contributed by atoms with Crippen molar-refractivity contribution >= 4 is 0 Å². The molecule has 8 aromatic rings. The SMILES string of the molecule is Cc1cccc(-c2cccc(-c3nc(-c4ccccc4)nc(-c4ccccc4-c4ccc5c(c4)Oc4cc6c(cc4O5)-c4ccccc4C6(C)C)n3)c2)c1. The molecule has 0 N–H and O–H groups in total. The predicted molar refractivity (Wildman–Crippen MR) is 216 cm³/mol. The molecule has 2 aliphatic rings. The molecule has 0 bridgehead atoms. The number of nitrogens with zero attached hydrogens (tertiary/aromatic N) is 3. The van der Waals surface area contributed by atoms with Gasteiger partial charge in [0.25, 0.3) is 0 Å². The summed E-state index contributed by atoms with van der Waals surface area (Å²) in [6.45, 7) is 6.65. The third kappa shape index (κ3) is 5.36. The van der Waals surface area contributed by atoms with Gasteiger partial charge in [0, 0.05) is 22.1 Å². The largest absolute Gasteiger partial charge is 0.449 e. The monoisotopic (exact) mass is 697 g/mol. The Kier molecular flexibility index (Phi) is 7.31. The highest BCUT2D eigenvalue weighted by atomic mass is 16.6. The molecule has 1 aliphatic heterocycles. The lowest BCUT2D eigenvalue weighted by Gasteiger charge is -2.25. The van der Waals surface area contributed by atoms with E-state index in [0.717, 1.165) is 50.4 Å². The zero-order valence-electron chi connectivity index (χ0n) is 30.2. The zero-order valence-corrected chi connectivity index (χ0v) is 30.2. The second kappa shape index (κ2) is 12.4. The Morgan fingerprint density at radius 3 is 1.78 bits per heavy atom. The van der Waals surface area contributed by atoms with E-state index >= 15 is 0 Å². The van der Waals surface area contributed by atoms with Gasteiger partial charge in [-0.15, -0.1) is 0 Å². The van der Waals surface area contributed by atoms with Gasteiger partial charge in [0.1, 0.15) is 0 Å². The smallest absolute Gasteiger partial charge is 0.170 e. The molecule has 54 heavy (non-hydrogen) atoms. The molecule has 1 aliphatic carbocycles. The summed E-state index contributed by atoms with van der Waals surface area (Å²) in [6, 6.07) is 54.3. The number of hydrogen-bond donors (Lipinski definition) is 0. The second-order valence-corrected chi connectivity index (χ2v) is 14.5. The summed E-state index contributed by atoms with van der Waals surface area (Å²) in [5.41, 5.74) is 13.0. The fraction of sp³-hybridized carbons (Fsp3) is 0.0816. The van der Waals surface area contributed by atoms with Gasteiger partial charge in [0.15, 0.2) is 40.5 Å². The van der Waals surface area contributed by atoms with Crippen LogP contribution in [0, 0.1) is 6.92 Å². The molecule has 0 amide bonds. The fourth-order valence-electron chi connectivity index (χ4n) is 7.88. The van der Waals surface area contributed by atoms with Crippen LogP contribution in [0.2, 0.25) is 0 Å². The van der Waals surface area contributed by atoms with E-state index in [1.807, 2.05) is 48.5 Å². The Morgan fingerprint density at radius 1 is 0.370 bits per heavy atom. The normalized spacial score (nSPS) is 13.2. The number of ether oxygens (including phenoxy) is 2. The van der Waals surface area contributed by atoms with Gasteiger partial charge in [-0.2, -0.15) is 0 Å². The summed E-state index contributed by atoms with van der Waals surface area (Å²) in [7, 11) is 0. The Balaban J connectivity index is 1.05. The number of aromatic nitrogens is 3. The second-order valence-electron chi connectivity index (χ2n) is 14.5. The molecule has 0 spiro atoms. The van der Waals surface area contributed by atoms with E-state index in [2.05, 4.69) is 130 Å². The van der Waals surface area contributed by atoms with Crippen LogP contribution < -0.4 is 9.47 Å². The average molecular weight is 698 g/mol. The van der Waals surface area contributed by atoms with Gasteiger partial charge in [-0.05, 0) is 81.8 Å². The van der Waals surface area contributed by atoms with Crippen molar-refractivity contribution in [2.24, 2.45) is 0 Å². The van der Waals surface area contributed by atoms with E-state index in [0.29, 0.717) is 29.0 Å². The van der Waals surface area contributed by atoms with Crippen LogP contribution in [0.3, 0.4) is 0 Å². The van der Waals surface area contributed by atoms with Crippen LogP contribution in [-0.2, 0) is 5.41 Å². The number of fused-ring (bicyclic) bond motifs is 5. The maximum Gasteiger partial charge on any atom is 0.170 e. The lowest BCUT2D eigenvalue weighted by atomic mass is 9.82. The predicted octanol–water partition coefficient (Wildman–Crippen LogP) is 12.7. The number of rotatable bonds is 5. The third-order valence-electron chi connectivity index (χ3n) is 10.6. The van der Waals surface area contributed by atoms with E-state index in [4.69, 9.17) is 24.4 Å². The highest BCUT2D eigenvalue weighted by Crippen LogP contribution is 2.55. The molecular formula is C49H35N3O2.